The number of ketones is 1. The number of benzene rings is 1. The van der Waals surface area contributed by atoms with Gasteiger partial charge >= 0.3 is 5.97 Å². The molecule has 11 N–H and O–H groups in total. The summed E-state index contributed by atoms with van der Waals surface area (Å²) in [7, 11) is 0. The highest BCUT2D eigenvalue weighted by Crippen LogP contribution is 2.19. The molecule has 6 atom stereocenters. The summed E-state index contributed by atoms with van der Waals surface area (Å²) >= 11 is 6.06. The van der Waals surface area contributed by atoms with Crippen LogP contribution in [0.3, 0.4) is 0 Å². The van der Waals surface area contributed by atoms with Crippen LogP contribution in [0.1, 0.15) is 83.6 Å². The minimum atomic E-state index is -1.19. The standard InChI is InChI=1S/C36H56ClN7O7/c1-22(2)19-24(36(50)51)21-31(45)30(20-23-13-15-25(37)16-14-23)44-35(49)28-10-4-3-9-26(40)32(46)41-27(11-5-7-17-38)33(47)43-29(34(48)42-28)12-6-8-18-39/h3-4,13-16,22,24,26-30H,5-12,17-21,38-40H2,1-2H3,(H,41,46)(H,42,48)(H,43,47)(H,44,49)(H,50,51)/t24-,26+,27+,28+,29+,30+/m1/s1. The predicted molar refractivity (Wildman–Crippen MR) is 195 cm³/mol. The zero-order valence-electron chi connectivity index (χ0n) is 29.7. The molecule has 284 valence electrons. The zero-order valence-corrected chi connectivity index (χ0v) is 30.5. The Labute approximate surface area is 305 Å². The van der Waals surface area contributed by atoms with Crippen LogP contribution < -0.4 is 38.5 Å². The topological polar surface area (TPSA) is 249 Å². The van der Waals surface area contributed by atoms with Crippen molar-refractivity contribution in [3.05, 3.63) is 47.0 Å². The molecule has 0 radical (unpaired) electrons. The Balaban J connectivity index is 2.43. The van der Waals surface area contributed by atoms with Crippen molar-refractivity contribution in [1.82, 2.24) is 21.3 Å². The van der Waals surface area contributed by atoms with Crippen LogP contribution in [-0.4, -0.2) is 83.8 Å². The van der Waals surface area contributed by atoms with Crippen molar-refractivity contribution in [2.45, 2.75) is 115 Å². The number of nitrogens with two attached hydrogens (primary N) is 3. The Kier molecular flexibility index (Phi) is 19.4. The predicted octanol–water partition coefficient (Wildman–Crippen LogP) is 1.46. The molecular formula is C36H56ClN7O7. The monoisotopic (exact) mass is 733 g/mol. The van der Waals surface area contributed by atoms with Gasteiger partial charge in [0.2, 0.25) is 23.6 Å². The molecule has 0 aliphatic carbocycles. The van der Waals surface area contributed by atoms with Gasteiger partial charge < -0.3 is 43.6 Å². The summed E-state index contributed by atoms with van der Waals surface area (Å²) in [6.07, 6.45) is 6.09. The second kappa shape index (κ2) is 22.9. The van der Waals surface area contributed by atoms with E-state index < -0.39 is 71.5 Å². The van der Waals surface area contributed by atoms with Crippen LogP contribution >= 0.6 is 11.6 Å². The van der Waals surface area contributed by atoms with Crippen LogP contribution in [0.15, 0.2) is 36.4 Å². The van der Waals surface area contributed by atoms with Gasteiger partial charge in [-0.3, -0.25) is 28.8 Å². The molecule has 0 spiro atoms. The van der Waals surface area contributed by atoms with Crippen molar-refractivity contribution in [1.29, 1.82) is 0 Å². The minimum absolute atomic E-state index is 0.0219. The molecule has 1 aliphatic rings. The van der Waals surface area contributed by atoms with Gasteiger partial charge in [0.15, 0.2) is 5.78 Å². The molecule has 0 bridgehead atoms. The average molecular weight is 734 g/mol. The van der Waals surface area contributed by atoms with E-state index in [1.165, 1.54) is 0 Å². The van der Waals surface area contributed by atoms with Crippen LogP contribution in [0.25, 0.3) is 0 Å². The summed E-state index contributed by atoms with van der Waals surface area (Å²) < 4.78 is 0. The van der Waals surface area contributed by atoms with Gasteiger partial charge in [0.05, 0.1) is 18.0 Å². The van der Waals surface area contributed by atoms with Crippen molar-refractivity contribution >= 4 is 47.0 Å². The first-order valence-electron chi connectivity index (χ1n) is 17.8. The van der Waals surface area contributed by atoms with E-state index >= 15 is 0 Å². The van der Waals surface area contributed by atoms with E-state index in [1.54, 1.807) is 36.4 Å². The van der Waals surface area contributed by atoms with Gasteiger partial charge in [0.25, 0.3) is 0 Å². The lowest BCUT2D eigenvalue weighted by atomic mass is 9.89. The maximum absolute atomic E-state index is 13.9. The number of aliphatic carboxylic acids is 1. The SMILES string of the molecule is CC(C)C[C@H](CC(=O)[C@H](Cc1ccc(Cl)cc1)NC(=O)[C@@H]1CC=CC[C@H](N)C(=O)N[C@@H](CCCCN)C(=O)N[C@@H](CCCCN)C(=O)N1)C(=O)O. The first kappa shape index (κ1) is 43.3. The van der Waals surface area contributed by atoms with Crippen molar-refractivity contribution in [2.24, 2.45) is 29.0 Å². The third kappa shape index (κ3) is 15.9. The zero-order chi connectivity index (χ0) is 37.9. The Bertz CT molecular complexity index is 1340. The van der Waals surface area contributed by atoms with Crippen molar-refractivity contribution in [2.75, 3.05) is 13.1 Å². The fourth-order valence-corrected chi connectivity index (χ4v) is 5.89. The number of carbonyl (C=O) groups is 6. The minimum Gasteiger partial charge on any atom is -0.481 e. The molecule has 0 saturated heterocycles. The summed E-state index contributed by atoms with van der Waals surface area (Å²) in [5.41, 5.74) is 18.1. The summed E-state index contributed by atoms with van der Waals surface area (Å²) in [6.45, 7) is 4.51. The van der Waals surface area contributed by atoms with Crippen LogP contribution in [-0.2, 0) is 35.2 Å². The lowest BCUT2D eigenvalue weighted by Crippen LogP contribution is -2.58. The molecular weight excluding hydrogens is 678 g/mol. The highest BCUT2D eigenvalue weighted by atomic mass is 35.5. The number of rotatable bonds is 18. The van der Waals surface area contributed by atoms with Crippen molar-refractivity contribution in [3.8, 4) is 0 Å². The third-order valence-electron chi connectivity index (χ3n) is 8.67. The van der Waals surface area contributed by atoms with Gasteiger partial charge in [-0.15, -0.1) is 0 Å². The Morgan fingerprint density at radius 2 is 1.41 bits per heavy atom. The Hall–Kier alpha value is -3.85. The third-order valence-corrected chi connectivity index (χ3v) is 8.92. The summed E-state index contributed by atoms with van der Waals surface area (Å²) in [5.74, 6) is -4.92. The smallest absolute Gasteiger partial charge is 0.306 e. The Morgan fingerprint density at radius 1 is 0.863 bits per heavy atom. The molecule has 14 nitrogen and oxygen atoms in total. The number of Topliss-reactive ketones (excluding diaryl/α,β-unsaturated/α-hetero) is 1. The van der Waals surface area contributed by atoms with E-state index in [4.69, 9.17) is 28.8 Å². The van der Waals surface area contributed by atoms with E-state index in [2.05, 4.69) is 21.3 Å². The molecule has 2 rings (SSSR count). The highest BCUT2D eigenvalue weighted by Gasteiger charge is 2.33. The van der Waals surface area contributed by atoms with Gasteiger partial charge in [0, 0.05) is 11.4 Å². The number of carboxylic acid groups (broad SMARTS) is 1. The number of carboxylic acids is 1. The molecule has 4 amide bonds. The number of amides is 4. The van der Waals surface area contributed by atoms with E-state index in [-0.39, 0.29) is 50.9 Å². The normalized spacial score (nSPS) is 21.5. The quantitative estimate of drug-likeness (QED) is 0.0797. The van der Waals surface area contributed by atoms with E-state index in [0.717, 1.165) is 0 Å². The summed E-state index contributed by atoms with van der Waals surface area (Å²) in [4.78, 5) is 79.8. The highest BCUT2D eigenvalue weighted by molar-refractivity contribution is 6.30. The second-order valence-corrected chi connectivity index (χ2v) is 14.0. The van der Waals surface area contributed by atoms with Gasteiger partial charge in [0.1, 0.15) is 18.1 Å². The Morgan fingerprint density at radius 3 is 1.96 bits per heavy atom. The molecule has 0 saturated carbocycles. The molecule has 0 aromatic heterocycles. The van der Waals surface area contributed by atoms with E-state index in [9.17, 15) is 33.9 Å². The lowest BCUT2D eigenvalue weighted by Gasteiger charge is -2.27. The summed E-state index contributed by atoms with van der Waals surface area (Å²) in [5, 5.41) is 21.3. The molecule has 1 heterocycles. The number of carbonyl (C=O) groups excluding carboxylic acids is 5. The fraction of sp³-hybridized carbons (Fsp3) is 0.611. The largest absolute Gasteiger partial charge is 0.481 e. The lowest BCUT2D eigenvalue weighted by molar-refractivity contribution is -0.144. The van der Waals surface area contributed by atoms with Gasteiger partial charge in [-0.05, 0) is 101 Å². The number of hydrogen-bond donors (Lipinski definition) is 8. The number of unbranched alkanes of at least 4 members (excludes halogenated alkanes) is 2. The molecule has 15 heteroatoms. The number of halogens is 1. The molecule has 1 aromatic carbocycles. The van der Waals surface area contributed by atoms with Gasteiger partial charge in [-0.2, -0.15) is 0 Å². The van der Waals surface area contributed by atoms with Crippen LogP contribution in [0.4, 0.5) is 0 Å². The average Bonchev–Trinajstić information content (AvgIpc) is 3.08. The molecule has 1 aromatic rings. The number of hydrogen-bond acceptors (Lipinski definition) is 9. The van der Waals surface area contributed by atoms with E-state index in [1.807, 2.05) is 13.8 Å². The second-order valence-electron chi connectivity index (χ2n) is 13.5. The molecule has 1 aliphatic heterocycles. The van der Waals surface area contributed by atoms with Crippen molar-refractivity contribution in [3.63, 3.8) is 0 Å². The first-order valence-corrected chi connectivity index (χ1v) is 18.2. The summed E-state index contributed by atoms with van der Waals surface area (Å²) in [6, 6.07) is 1.40. The molecule has 51 heavy (non-hydrogen) atoms. The maximum Gasteiger partial charge on any atom is 0.306 e. The number of nitrogens with one attached hydrogen (secondary N) is 4. The van der Waals surface area contributed by atoms with Crippen LogP contribution in [0.5, 0.6) is 0 Å². The molecule has 0 unspecified atom stereocenters. The fourth-order valence-electron chi connectivity index (χ4n) is 5.76. The van der Waals surface area contributed by atoms with Gasteiger partial charge in [-0.25, -0.2) is 0 Å². The van der Waals surface area contributed by atoms with E-state index in [0.29, 0.717) is 49.4 Å². The molecule has 0 fully saturated rings. The van der Waals surface area contributed by atoms with Crippen LogP contribution in [0, 0.1) is 11.8 Å². The van der Waals surface area contributed by atoms with Crippen molar-refractivity contribution < 1.29 is 33.9 Å². The van der Waals surface area contributed by atoms with Gasteiger partial charge in [-0.1, -0.05) is 49.7 Å². The van der Waals surface area contributed by atoms with Crippen LogP contribution in [0.2, 0.25) is 5.02 Å². The maximum atomic E-state index is 13.9. The first-order chi connectivity index (χ1) is 24.2.